The molecule has 1 amide bonds. The van der Waals surface area contributed by atoms with Gasteiger partial charge in [-0.2, -0.15) is 0 Å². The number of nitrogens with zero attached hydrogens (tertiary/aromatic N) is 1. The minimum absolute atomic E-state index is 0.221. The fraction of sp³-hybridized carbons (Fsp3) is 0.0667. The van der Waals surface area contributed by atoms with Crippen LogP contribution in [-0.2, 0) is 0 Å². The average molecular weight is 414 g/mol. The quantitative estimate of drug-likeness (QED) is 0.619. The molecule has 0 aliphatic rings. The van der Waals surface area contributed by atoms with E-state index < -0.39 is 0 Å². The molecule has 3 nitrogen and oxygen atoms in total. The van der Waals surface area contributed by atoms with Gasteiger partial charge in [-0.1, -0.05) is 24.4 Å². The summed E-state index contributed by atoms with van der Waals surface area (Å²) in [5, 5.41) is 0. The maximum Gasteiger partial charge on any atom is 0.259 e. The molecule has 0 aliphatic heterocycles. The van der Waals surface area contributed by atoms with Gasteiger partial charge in [-0.3, -0.25) is 4.79 Å². The summed E-state index contributed by atoms with van der Waals surface area (Å²) in [6, 6.07) is 11.2. The van der Waals surface area contributed by atoms with E-state index in [1.54, 1.807) is 31.3 Å². The van der Waals surface area contributed by atoms with E-state index in [1.807, 2.05) is 22.6 Å². The molecule has 6 heteroatoms. The van der Waals surface area contributed by atoms with Crippen LogP contribution in [0, 0.1) is 9.39 Å². The van der Waals surface area contributed by atoms with Crippen molar-refractivity contribution in [3.63, 3.8) is 0 Å². The molecule has 0 heterocycles. The Morgan fingerprint density at radius 2 is 1.90 bits per heavy atom. The van der Waals surface area contributed by atoms with Gasteiger partial charge in [-0.15, -0.1) is 0 Å². The van der Waals surface area contributed by atoms with Gasteiger partial charge in [-0.25, -0.2) is 4.39 Å². The zero-order chi connectivity index (χ0) is 15.6. The monoisotopic (exact) mass is 414 g/mol. The summed E-state index contributed by atoms with van der Waals surface area (Å²) in [6.45, 7) is 0. The van der Waals surface area contributed by atoms with E-state index in [9.17, 15) is 9.18 Å². The summed E-state index contributed by atoms with van der Waals surface area (Å²) < 4.78 is 13.7. The molecule has 2 N–H and O–H groups in total. The van der Waals surface area contributed by atoms with E-state index in [0.29, 0.717) is 20.4 Å². The lowest BCUT2D eigenvalue weighted by Gasteiger charge is -2.21. The van der Waals surface area contributed by atoms with Gasteiger partial charge in [0.25, 0.3) is 5.91 Å². The molecule has 21 heavy (non-hydrogen) atoms. The largest absolute Gasteiger partial charge is 0.389 e. The van der Waals surface area contributed by atoms with Gasteiger partial charge in [0, 0.05) is 16.2 Å². The van der Waals surface area contributed by atoms with E-state index >= 15 is 0 Å². The summed E-state index contributed by atoms with van der Waals surface area (Å²) >= 11 is 6.94. The van der Waals surface area contributed by atoms with Crippen molar-refractivity contribution in [3.05, 3.63) is 63.0 Å². The lowest BCUT2D eigenvalue weighted by atomic mass is 10.1. The van der Waals surface area contributed by atoms with E-state index in [1.165, 1.54) is 23.1 Å². The molecule has 108 valence electrons. The van der Waals surface area contributed by atoms with Crippen molar-refractivity contribution >= 4 is 51.4 Å². The van der Waals surface area contributed by atoms with E-state index in [0.717, 1.165) is 0 Å². The fourth-order valence-electron chi connectivity index (χ4n) is 1.93. The van der Waals surface area contributed by atoms with Crippen molar-refractivity contribution in [1.29, 1.82) is 0 Å². The number of carbonyl (C=O) groups is 1. The fourth-order valence-corrected chi connectivity index (χ4v) is 2.81. The lowest BCUT2D eigenvalue weighted by molar-refractivity contribution is 0.0992. The predicted molar refractivity (Wildman–Crippen MR) is 94.2 cm³/mol. The maximum absolute atomic E-state index is 13.1. The number of thiocarbonyl (C=S) groups is 1. The van der Waals surface area contributed by atoms with Crippen LogP contribution in [0.3, 0.4) is 0 Å². The van der Waals surface area contributed by atoms with Crippen LogP contribution in [0.15, 0.2) is 42.5 Å². The average Bonchev–Trinajstić information content (AvgIpc) is 2.45. The molecule has 2 aromatic rings. The van der Waals surface area contributed by atoms with Crippen molar-refractivity contribution in [2.24, 2.45) is 5.73 Å². The van der Waals surface area contributed by atoms with Crippen LogP contribution in [0.2, 0.25) is 0 Å². The molecule has 0 atom stereocenters. The smallest absolute Gasteiger partial charge is 0.259 e. The van der Waals surface area contributed by atoms with Gasteiger partial charge in [0.05, 0.1) is 11.3 Å². The van der Waals surface area contributed by atoms with Crippen molar-refractivity contribution in [2.75, 3.05) is 11.9 Å². The van der Waals surface area contributed by atoms with Crippen LogP contribution >= 0.6 is 34.8 Å². The number of rotatable bonds is 3. The Kier molecular flexibility index (Phi) is 4.89. The van der Waals surface area contributed by atoms with Crippen LogP contribution in [0.1, 0.15) is 15.9 Å². The molecule has 0 fully saturated rings. The lowest BCUT2D eigenvalue weighted by Crippen LogP contribution is -2.29. The molecule has 2 rings (SSSR count). The van der Waals surface area contributed by atoms with E-state index in [-0.39, 0.29) is 16.7 Å². The van der Waals surface area contributed by atoms with Crippen LogP contribution < -0.4 is 10.6 Å². The van der Waals surface area contributed by atoms with Crippen LogP contribution in [0.25, 0.3) is 0 Å². The molecule has 0 radical (unpaired) electrons. The Morgan fingerprint density at radius 3 is 2.52 bits per heavy atom. The Morgan fingerprint density at radius 1 is 1.24 bits per heavy atom. The minimum Gasteiger partial charge on any atom is -0.389 e. The number of para-hydroxylation sites is 1. The second-order valence-electron chi connectivity index (χ2n) is 4.37. The zero-order valence-corrected chi connectivity index (χ0v) is 14.1. The Labute approximate surface area is 141 Å². The summed E-state index contributed by atoms with van der Waals surface area (Å²) in [7, 11) is 1.64. The zero-order valence-electron chi connectivity index (χ0n) is 11.1. The second-order valence-corrected chi connectivity index (χ2v) is 5.97. The maximum atomic E-state index is 13.1. The predicted octanol–water partition coefficient (Wildman–Crippen LogP) is 3.34. The summed E-state index contributed by atoms with van der Waals surface area (Å²) in [5.41, 5.74) is 7.36. The summed E-state index contributed by atoms with van der Waals surface area (Å²) in [5.74, 6) is -0.620. The van der Waals surface area contributed by atoms with Crippen molar-refractivity contribution < 1.29 is 9.18 Å². The standard InChI is InChI=1S/C15H12FIN2OS/c1-19(13-5-3-2-4-11(13)14(18)21)15(20)10-7-6-9(16)8-12(10)17/h2-8H,1H3,(H2,18,21). The van der Waals surface area contributed by atoms with Crippen molar-refractivity contribution in [3.8, 4) is 0 Å². The Bertz CT molecular complexity index is 721. The second kappa shape index (κ2) is 6.48. The van der Waals surface area contributed by atoms with Gasteiger partial charge in [0.1, 0.15) is 10.8 Å². The van der Waals surface area contributed by atoms with Crippen LogP contribution in [0.4, 0.5) is 10.1 Å². The number of amides is 1. The molecule has 2 aromatic carbocycles. The first kappa shape index (κ1) is 15.8. The topological polar surface area (TPSA) is 46.3 Å². The molecule has 0 bridgehead atoms. The highest BCUT2D eigenvalue weighted by atomic mass is 127. The third kappa shape index (κ3) is 3.38. The molecule has 0 aromatic heterocycles. The Hall–Kier alpha value is -1.54. The SMILES string of the molecule is CN(C(=O)c1ccc(F)cc1I)c1ccccc1C(N)=S. The van der Waals surface area contributed by atoms with Crippen LogP contribution in [0.5, 0.6) is 0 Å². The number of hydrogen-bond donors (Lipinski definition) is 1. The highest BCUT2D eigenvalue weighted by Crippen LogP contribution is 2.23. The molecule has 0 spiro atoms. The minimum atomic E-state index is -0.373. The molecular weight excluding hydrogens is 402 g/mol. The first-order valence-corrected chi connectivity index (χ1v) is 7.52. The van der Waals surface area contributed by atoms with E-state index in [2.05, 4.69) is 0 Å². The van der Waals surface area contributed by atoms with Gasteiger partial charge in [0.15, 0.2) is 0 Å². The van der Waals surface area contributed by atoms with E-state index in [4.69, 9.17) is 18.0 Å². The molecule has 0 unspecified atom stereocenters. The number of anilines is 1. The highest BCUT2D eigenvalue weighted by Gasteiger charge is 2.19. The van der Waals surface area contributed by atoms with Crippen molar-refractivity contribution in [2.45, 2.75) is 0 Å². The van der Waals surface area contributed by atoms with Crippen molar-refractivity contribution in [1.82, 2.24) is 0 Å². The normalized spacial score (nSPS) is 10.2. The highest BCUT2D eigenvalue weighted by molar-refractivity contribution is 14.1. The van der Waals surface area contributed by atoms with Crippen LogP contribution in [-0.4, -0.2) is 17.9 Å². The molecule has 0 aliphatic carbocycles. The van der Waals surface area contributed by atoms with Gasteiger partial charge >= 0.3 is 0 Å². The third-order valence-corrected chi connectivity index (χ3v) is 4.11. The van der Waals surface area contributed by atoms with Gasteiger partial charge in [-0.05, 0) is 52.9 Å². The first-order chi connectivity index (χ1) is 9.91. The summed E-state index contributed by atoms with van der Waals surface area (Å²) in [4.78, 5) is 14.3. The third-order valence-electron chi connectivity index (χ3n) is 3.00. The number of benzene rings is 2. The Balaban J connectivity index is 2.42. The summed E-state index contributed by atoms with van der Waals surface area (Å²) in [6.07, 6.45) is 0. The van der Waals surface area contributed by atoms with Gasteiger partial charge in [0.2, 0.25) is 0 Å². The number of halogens is 2. The first-order valence-electron chi connectivity index (χ1n) is 6.03. The number of carbonyl (C=O) groups excluding carboxylic acids is 1. The molecule has 0 saturated carbocycles. The number of nitrogens with two attached hydrogens (primary N) is 1. The van der Waals surface area contributed by atoms with Gasteiger partial charge < -0.3 is 10.6 Å². The molecular formula is C15H12FIN2OS. The molecule has 0 saturated heterocycles. The number of hydrogen-bond acceptors (Lipinski definition) is 2.